The maximum Gasteiger partial charge on any atom is 0.174 e. The van der Waals surface area contributed by atoms with Crippen LogP contribution in [-0.4, -0.2) is 41.6 Å². The number of piperidine rings is 1. The van der Waals surface area contributed by atoms with Gasteiger partial charge < -0.3 is 10.6 Å². The van der Waals surface area contributed by atoms with E-state index in [0.717, 1.165) is 27.7 Å². The van der Waals surface area contributed by atoms with Crippen LogP contribution in [0.3, 0.4) is 0 Å². The number of thioether (sulfide) groups is 1. The lowest BCUT2D eigenvalue weighted by Crippen LogP contribution is -2.43. The van der Waals surface area contributed by atoms with Gasteiger partial charge >= 0.3 is 0 Å². The van der Waals surface area contributed by atoms with Gasteiger partial charge in [-0.05, 0) is 76.9 Å². The fourth-order valence-corrected chi connectivity index (χ4v) is 5.59. The Morgan fingerprint density at radius 2 is 1.88 bits per heavy atom. The molecule has 4 nitrogen and oxygen atoms in total. The molecule has 2 aliphatic rings. The lowest BCUT2D eigenvalue weighted by atomic mass is 9.67. The van der Waals surface area contributed by atoms with E-state index >= 15 is 0 Å². The van der Waals surface area contributed by atoms with Crippen LogP contribution in [0.5, 0.6) is 0 Å². The molecule has 1 saturated heterocycles. The summed E-state index contributed by atoms with van der Waals surface area (Å²) in [6.07, 6.45) is 9.64. The van der Waals surface area contributed by atoms with Crippen molar-refractivity contribution in [3.05, 3.63) is 5.01 Å². The van der Waals surface area contributed by atoms with E-state index in [1.807, 2.05) is 18.7 Å². The molecule has 2 heterocycles. The minimum absolute atomic E-state index is 0. The molecule has 0 aromatic carbocycles. The second kappa shape index (κ2) is 11.2. The van der Waals surface area contributed by atoms with Crippen molar-refractivity contribution < 1.29 is 0 Å². The van der Waals surface area contributed by atoms with Crippen LogP contribution in [0, 0.1) is 12.3 Å². The molecule has 3 rings (SSSR count). The van der Waals surface area contributed by atoms with E-state index in [1.165, 1.54) is 58.0 Å². The molecule has 1 aliphatic heterocycles. The van der Waals surface area contributed by atoms with Gasteiger partial charge in [0, 0.05) is 11.8 Å². The van der Waals surface area contributed by atoms with E-state index in [9.17, 15) is 0 Å². The molecule has 1 aliphatic carbocycles. The summed E-state index contributed by atoms with van der Waals surface area (Å²) in [6, 6.07) is 0.759. The Labute approximate surface area is 166 Å². The molecule has 2 N–H and O–H groups in total. The fourth-order valence-electron chi connectivity index (χ4n) is 3.77. The van der Waals surface area contributed by atoms with E-state index in [0.29, 0.717) is 5.41 Å². The third-order valence-corrected chi connectivity index (χ3v) is 7.26. The van der Waals surface area contributed by atoms with Gasteiger partial charge in [0.15, 0.2) is 4.34 Å². The van der Waals surface area contributed by atoms with Crippen LogP contribution < -0.4 is 10.6 Å². The molecule has 8 heteroatoms. The molecule has 0 amide bonds. The number of hydrogen-bond acceptors (Lipinski definition) is 6. The van der Waals surface area contributed by atoms with Crippen LogP contribution in [0.25, 0.3) is 0 Å². The molecule has 1 aromatic heterocycles. The van der Waals surface area contributed by atoms with Crippen molar-refractivity contribution in [2.45, 2.75) is 62.3 Å². The third kappa shape index (κ3) is 6.61. The molecular weight excluding hydrogens is 383 g/mol. The first kappa shape index (κ1) is 22.5. The second-order valence-corrected chi connectivity index (χ2v) is 9.29. The Hall–Kier alpha value is 0.410. The van der Waals surface area contributed by atoms with E-state index in [2.05, 4.69) is 20.8 Å². The number of halogens is 2. The largest absolute Gasteiger partial charge is 0.317 e. The van der Waals surface area contributed by atoms with Crippen LogP contribution in [0.2, 0.25) is 0 Å². The van der Waals surface area contributed by atoms with Crippen molar-refractivity contribution in [2.24, 2.45) is 5.41 Å². The summed E-state index contributed by atoms with van der Waals surface area (Å²) in [7, 11) is 0. The number of nitrogens with one attached hydrogen (secondary N) is 2. The van der Waals surface area contributed by atoms with E-state index < -0.39 is 0 Å². The van der Waals surface area contributed by atoms with Crippen molar-refractivity contribution >= 4 is 47.9 Å². The van der Waals surface area contributed by atoms with Gasteiger partial charge in [0.25, 0.3) is 0 Å². The highest BCUT2D eigenvalue weighted by atomic mass is 35.5. The molecule has 1 spiro atoms. The molecule has 24 heavy (non-hydrogen) atoms. The molecule has 1 aromatic rings. The minimum atomic E-state index is 0. The van der Waals surface area contributed by atoms with E-state index in [-0.39, 0.29) is 24.8 Å². The lowest BCUT2D eigenvalue weighted by Gasteiger charge is -2.43. The summed E-state index contributed by atoms with van der Waals surface area (Å²) in [6.45, 7) is 5.63. The quantitative estimate of drug-likeness (QED) is 0.544. The molecule has 2 fully saturated rings. The van der Waals surface area contributed by atoms with Gasteiger partial charge in [-0.3, -0.25) is 0 Å². The highest BCUT2D eigenvalue weighted by Gasteiger charge is 2.35. The van der Waals surface area contributed by atoms with E-state index in [1.54, 1.807) is 11.3 Å². The summed E-state index contributed by atoms with van der Waals surface area (Å²) < 4.78 is 1.11. The van der Waals surface area contributed by atoms with E-state index in [4.69, 9.17) is 0 Å². The van der Waals surface area contributed by atoms with Crippen molar-refractivity contribution in [1.29, 1.82) is 0 Å². The van der Waals surface area contributed by atoms with Gasteiger partial charge in [-0.2, -0.15) is 0 Å². The first-order chi connectivity index (χ1) is 10.8. The Kier molecular flexibility index (Phi) is 10.5. The number of aromatic nitrogens is 2. The summed E-state index contributed by atoms with van der Waals surface area (Å²) >= 11 is 3.54. The molecule has 140 valence electrons. The molecule has 0 unspecified atom stereocenters. The number of aryl methyl sites for hydroxylation is 1. The topological polar surface area (TPSA) is 49.8 Å². The average Bonchev–Trinajstić information content (AvgIpc) is 2.95. The second-order valence-electron chi connectivity index (χ2n) is 6.77. The maximum absolute atomic E-state index is 4.16. The van der Waals surface area contributed by atoms with Crippen molar-refractivity contribution in [3.63, 3.8) is 0 Å². The van der Waals surface area contributed by atoms with Gasteiger partial charge in [-0.1, -0.05) is 23.1 Å². The Morgan fingerprint density at radius 1 is 1.17 bits per heavy atom. The number of nitrogens with zero attached hydrogens (tertiary/aromatic N) is 2. The highest BCUT2D eigenvalue weighted by molar-refractivity contribution is 8.01. The monoisotopic (exact) mass is 412 g/mol. The van der Waals surface area contributed by atoms with Gasteiger partial charge in [-0.15, -0.1) is 35.0 Å². The SMILES string of the molecule is Cc1nnc(SCCCNC2CCC3(CCNCC3)CC2)s1.Cl.Cl. The Morgan fingerprint density at radius 3 is 2.50 bits per heavy atom. The van der Waals surface area contributed by atoms with Gasteiger partial charge in [0.2, 0.25) is 0 Å². The zero-order valence-corrected chi connectivity index (χ0v) is 17.6. The van der Waals surface area contributed by atoms with Crippen LogP contribution in [0.15, 0.2) is 4.34 Å². The van der Waals surface area contributed by atoms with Crippen LogP contribution in [0.4, 0.5) is 0 Å². The third-order valence-electron chi connectivity index (χ3n) is 5.20. The summed E-state index contributed by atoms with van der Waals surface area (Å²) in [5, 5.41) is 16.6. The first-order valence-corrected chi connectivity index (χ1v) is 10.4. The molecule has 1 saturated carbocycles. The van der Waals surface area contributed by atoms with Crippen LogP contribution in [-0.2, 0) is 0 Å². The normalized spacial score (nSPS) is 20.4. The highest BCUT2D eigenvalue weighted by Crippen LogP contribution is 2.43. The zero-order valence-electron chi connectivity index (χ0n) is 14.4. The Bertz CT molecular complexity index is 457. The predicted molar refractivity (Wildman–Crippen MR) is 109 cm³/mol. The number of rotatable bonds is 6. The maximum atomic E-state index is 4.16. The molecule has 0 atom stereocenters. The number of hydrogen-bond donors (Lipinski definition) is 2. The predicted octanol–water partition coefficient (Wildman–Crippen LogP) is 4.07. The molecule has 0 bridgehead atoms. The molecular formula is C16H30Cl2N4S2. The molecule has 0 radical (unpaired) electrons. The van der Waals surface area contributed by atoms with Crippen LogP contribution in [0.1, 0.15) is 50.0 Å². The van der Waals surface area contributed by atoms with Crippen LogP contribution >= 0.6 is 47.9 Å². The minimum Gasteiger partial charge on any atom is -0.317 e. The first-order valence-electron chi connectivity index (χ1n) is 8.63. The van der Waals surface area contributed by atoms with Crippen molar-refractivity contribution in [2.75, 3.05) is 25.4 Å². The standard InChI is InChI=1S/C16H28N4S2.2ClH/c1-13-19-20-15(22-13)21-12-2-9-18-14-3-5-16(6-4-14)7-10-17-11-8-16;;/h14,17-18H,2-12H2,1H3;2*1H. The van der Waals surface area contributed by atoms with Gasteiger partial charge in [0.05, 0.1) is 0 Å². The smallest absolute Gasteiger partial charge is 0.174 e. The summed E-state index contributed by atoms with van der Waals surface area (Å²) in [4.78, 5) is 0. The Balaban J connectivity index is 0.00000144. The summed E-state index contributed by atoms with van der Waals surface area (Å²) in [5.41, 5.74) is 0.689. The van der Waals surface area contributed by atoms with Gasteiger partial charge in [-0.25, -0.2) is 0 Å². The van der Waals surface area contributed by atoms with Crippen molar-refractivity contribution in [3.8, 4) is 0 Å². The zero-order chi connectivity index (χ0) is 15.3. The fraction of sp³-hybridized carbons (Fsp3) is 0.875. The van der Waals surface area contributed by atoms with Gasteiger partial charge in [0.1, 0.15) is 5.01 Å². The average molecular weight is 413 g/mol. The lowest BCUT2D eigenvalue weighted by molar-refractivity contribution is 0.116. The summed E-state index contributed by atoms with van der Waals surface area (Å²) in [5.74, 6) is 1.14. The van der Waals surface area contributed by atoms with Crippen molar-refractivity contribution in [1.82, 2.24) is 20.8 Å².